The highest BCUT2D eigenvalue weighted by Crippen LogP contribution is 2.33. The van der Waals surface area contributed by atoms with Crippen molar-refractivity contribution in [3.63, 3.8) is 0 Å². The number of fused-ring (bicyclic) bond motifs is 1. The minimum atomic E-state index is -0.340. The van der Waals surface area contributed by atoms with E-state index in [4.69, 9.17) is 4.74 Å². The first-order valence-corrected chi connectivity index (χ1v) is 8.61. The fraction of sp³-hybridized carbons (Fsp3) is 0.474. The van der Waals surface area contributed by atoms with Crippen LogP contribution in [0, 0.1) is 0 Å². The maximum absolute atomic E-state index is 13.2. The van der Waals surface area contributed by atoms with Crippen molar-refractivity contribution >= 4 is 5.91 Å². The molecule has 2 aliphatic rings. The maximum atomic E-state index is 13.2. The zero-order valence-corrected chi connectivity index (χ0v) is 14.2. The molecule has 1 unspecified atom stereocenters. The summed E-state index contributed by atoms with van der Waals surface area (Å²) in [6.45, 7) is 5.18. The van der Waals surface area contributed by atoms with E-state index in [1.807, 2.05) is 23.1 Å². The minimum absolute atomic E-state index is 0.0173. The number of carbonyl (C=O) groups excluding carboxylic acids is 1. The van der Waals surface area contributed by atoms with Gasteiger partial charge in [0.2, 0.25) is 0 Å². The molecule has 24 heavy (non-hydrogen) atoms. The van der Waals surface area contributed by atoms with Gasteiger partial charge in [-0.3, -0.25) is 9.89 Å². The molecule has 1 aliphatic heterocycles. The highest BCUT2D eigenvalue weighted by molar-refractivity contribution is 5.94. The van der Waals surface area contributed by atoms with Crippen LogP contribution < -0.4 is 0 Å². The summed E-state index contributed by atoms with van der Waals surface area (Å²) < 4.78 is 6.05. The molecule has 1 fully saturated rings. The first-order valence-electron chi connectivity index (χ1n) is 8.61. The van der Waals surface area contributed by atoms with Crippen LogP contribution in [0.3, 0.4) is 0 Å². The van der Waals surface area contributed by atoms with Crippen molar-refractivity contribution in [2.75, 3.05) is 13.2 Å². The smallest absolute Gasteiger partial charge is 0.275 e. The van der Waals surface area contributed by atoms with Gasteiger partial charge in [0, 0.05) is 11.3 Å². The molecule has 2 heterocycles. The van der Waals surface area contributed by atoms with Crippen LogP contribution in [0.25, 0.3) is 0 Å². The zero-order valence-electron chi connectivity index (χ0n) is 14.2. The van der Waals surface area contributed by atoms with Crippen molar-refractivity contribution in [1.82, 2.24) is 15.1 Å². The van der Waals surface area contributed by atoms with Crippen LogP contribution in [0.1, 0.15) is 53.7 Å². The van der Waals surface area contributed by atoms with E-state index >= 15 is 0 Å². The molecule has 2 aromatic rings. The Morgan fingerprint density at radius 1 is 1.29 bits per heavy atom. The predicted octanol–water partition coefficient (Wildman–Crippen LogP) is 2.89. The quantitative estimate of drug-likeness (QED) is 0.923. The summed E-state index contributed by atoms with van der Waals surface area (Å²) in [5, 5.41) is 7.37. The van der Waals surface area contributed by atoms with Gasteiger partial charge < -0.3 is 9.64 Å². The van der Waals surface area contributed by atoms with Crippen molar-refractivity contribution in [1.29, 1.82) is 0 Å². The lowest BCUT2D eigenvalue weighted by atomic mass is 9.97. The lowest BCUT2D eigenvalue weighted by Crippen LogP contribution is -2.56. The maximum Gasteiger partial charge on any atom is 0.275 e. The summed E-state index contributed by atoms with van der Waals surface area (Å²) in [5.74, 6) is 0.0173. The first kappa shape index (κ1) is 15.4. The Labute approximate surface area is 142 Å². The number of H-pyrrole nitrogens is 1. The van der Waals surface area contributed by atoms with Crippen LogP contribution >= 0.6 is 0 Å². The largest absolute Gasteiger partial charge is 0.369 e. The number of nitrogens with zero attached hydrogens (tertiary/aromatic N) is 2. The van der Waals surface area contributed by atoms with E-state index < -0.39 is 0 Å². The number of hydrogen-bond acceptors (Lipinski definition) is 3. The van der Waals surface area contributed by atoms with Gasteiger partial charge in [-0.15, -0.1) is 0 Å². The van der Waals surface area contributed by atoms with E-state index in [-0.39, 0.29) is 17.6 Å². The van der Waals surface area contributed by atoms with Gasteiger partial charge in [-0.25, -0.2) is 0 Å². The second-order valence-corrected chi connectivity index (χ2v) is 7.32. The molecule has 126 valence electrons. The van der Waals surface area contributed by atoms with Crippen molar-refractivity contribution in [2.24, 2.45) is 0 Å². The third-order valence-electron chi connectivity index (χ3n) is 5.14. The molecule has 5 heteroatoms. The van der Waals surface area contributed by atoms with E-state index in [0.717, 1.165) is 36.1 Å². The third kappa shape index (κ3) is 2.53. The van der Waals surface area contributed by atoms with E-state index in [0.29, 0.717) is 18.8 Å². The van der Waals surface area contributed by atoms with Crippen molar-refractivity contribution in [3.05, 3.63) is 52.8 Å². The van der Waals surface area contributed by atoms with Gasteiger partial charge in [0.05, 0.1) is 18.7 Å². The monoisotopic (exact) mass is 325 g/mol. The van der Waals surface area contributed by atoms with Gasteiger partial charge in [-0.05, 0) is 38.7 Å². The van der Waals surface area contributed by atoms with Gasteiger partial charge in [-0.2, -0.15) is 5.10 Å². The average molecular weight is 325 g/mol. The number of morpholine rings is 1. The van der Waals surface area contributed by atoms with Crippen LogP contribution in [-0.4, -0.2) is 39.7 Å². The van der Waals surface area contributed by atoms with Crippen molar-refractivity contribution in [3.8, 4) is 0 Å². The fourth-order valence-corrected chi connectivity index (χ4v) is 3.70. The van der Waals surface area contributed by atoms with Crippen LogP contribution in [0.5, 0.6) is 0 Å². The summed E-state index contributed by atoms with van der Waals surface area (Å²) in [6, 6.07) is 10.1. The van der Waals surface area contributed by atoms with Crippen LogP contribution in [0.2, 0.25) is 0 Å². The summed E-state index contributed by atoms with van der Waals surface area (Å²) in [5.41, 5.74) is 3.61. The number of carbonyl (C=O) groups is 1. The average Bonchev–Trinajstić information content (AvgIpc) is 3.18. The summed E-state index contributed by atoms with van der Waals surface area (Å²) >= 11 is 0. The summed E-state index contributed by atoms with van der Waals surface area (Å²) in [6.07, 6.45) is 2.95. The third-order valence-corrected chi connectivity index (χ3v) is 5.14. The van der Waals surface area contributed by atoms with Crippen molar-refractivity contribution in [2.45, 2.75) is 44.8 Å². The number of hydrogen-bond donors (Lipinski definition) is 1. The Bertz CT molecular complexity index is 751. The van der Waals surface area contributed by atoms with Crippen LogP contribution in [-0.2, 0) is 17.6 Å². The van der Waals surface area contributed by atoms with Crippen LogP contribution in [0.15, 0.2) is 30.3 Å². The number of rotatable bonds is 2. The number of amides is 1. The molecule has 0 radical (unpaired) electrons. The predicted molar refractivity (Wildman–Crippen MR) is 90.9 cm³/mol. The van der Waals surface area contributed by atoms with E-state index in [1.54, 1.807) is 0 Å². The minimum Gasteiger partial charge on any atom is -0.369 e. The number of nitrogens with one attached hydrogen (secondary N) is 1. The van der Waals surface area contributed by atoms with Gasteiger partial charge in [0.15, 0.2) is 5.69 Å². The Kier molecular flexibility index (Phi) is 3.68. The molecule has 1 atom stereocenters. The summed E-state index contributed by atoms with van der Waals surface area (Å²) in [7, 11) is 0. The Morgan fingerprint density at radius 3 is 2.88 bits per heavy atom. The Morgan fingerprint density at radius 2 is 2.08 bits per heavy atom. The normalized spacial score (nSPS) is 22.4. The molecule has 0 saturated carbocycles. The van der Waals surface area contributed by atoms with E-state index in [2.05, 4.69) is 36.2 Å². The van der Waals surface area contributed by atoms with Gasteiger partial charge in [0.1, 0.15) is 6.10 Å². The second-order valence-electron chi connectivity index (χ2n) is 7.32. The molecule has 0 spiro atoms. The summed E-state index contributed by atoms with van der Waals surface area (Å²) in [4.78, 5) is 15.1. The number of ether oxygens (including phenoxy) is 1. The Hall–Kier alpha value is -2.14. The molecule has 1 aromatic heterocycles. The lowest BCUT2D eigenvalue weighted by molar-refractivity contribution is -0.0848. The SMILES string of the molecule is CC1(C)COC(c2ccccc2)CN1C(=O)c1n[nH]c2c1CCC2. The fourth-order valence-electron chi connectivity index (χ4n) is 3.70. The highest BCUT2D eigenvalue weighted by atomic mass is 16.5. The zero-order chi connectivity index (χ0) is 16.7. The first-order chi connectivity index (χ1) is 11.6. The molecule has 0 bridgehead atoms. The lowest BCUT2D eigenvalue weighted by Gasteiger charge is -2.45. The Balaban J connectivity index is 1.62. The van der Waals surface area contributed by atoms with E-state index in [1.165, 1.54) is 0 Å². The second kappa shape index (κ2) is 5.74. The molecule has 1 amide bonds. The topological polar surface area (TPSA) is 58.2 Å². The van der Waals surface area contributed by atoms with Gasteiger partial charge in [0.25, 0.3) is 5.91 Å². The molecule has 1 aromatic carbocycles. The highest BCUT2D eigenvalue weighted by Gasteiger charge is 2.40. The number of aryl methyl sites for hydroxylation is 1. The van der Waals surface area contributed by atoms with Gasteiger partial charge in [-0.1, -0.05) is 30.3 Å². The van der Waals surface area contributed by atoms with Crippen molar-refractivity contribution < 1.29 is 9.53 Å². The number of aromatic amines is 1. The number of benzene rings is 1. The standard InChI is InChI=1S/C19H23N3O2/c1-19(2)12-24-16(13-7-4-3-5-8-13)11-22(19)18(23)17-14-9-6-10-15(14)20-21-17/h3-5,7-8,16H,6,9-12H2,1-2H3,(H,20,21). The van der Waals surface area contributed by atoms with Crippen LogP contribution in [0.4, 0.5) is 0 Å². The molecule has 1 aliphatic carbocycles. The molecular formula is C19H23N3O2. The molecule has 1 N–H and O–H groups in total. The number of aromatic nitrogens is 2. The molecular weight excluding hydrogens is 302 g/mol. The van der Waals surface area contributed by atoms with Gasteiger partial charge >= 0.3 is 0 Å². The van der Waals surface area contributed by atoms with E-state index in [9.17, 15) is 4.79 Å². The molecule has 5 nitrogen and oxygen atoms in total. The molecule has 4 rings (SSSR count). The molecule has 1 saturated heterocycles.